The molecule has 3 rings (SSSR count). The number of anilines is 2. The van der Waals surface area contributed by atoms with Crippen molar-refractivity contribution in [3.8, 4) is 0 Å². The lowest BCUT2D eigenvalue weighted by atomic mass is 10.1. The minimum atomic E-state index is -0.727. The quantitative estimate of drug-likeness (QED) is 0.617. The second-order valence-electron chi connectivity index (χ2n) is 5.16. The van der Waals surface area contributed by atoms with Crippen LogP contribution in [0.1, 0.15) is 11.6 Å². The largest absolute Gasteiger partial charge is 0.389 e. The molecule has 1 saturated heterocycles. The van der Waals surface area contributed by atoms with Crippen LogP contribution in [0.15, 0.2) is 18.2 Å². The van der Waals surface area contributed by atoms with Gasteiger partial charge in [0.2, 0.25) is 5.91 Å². The topological polar surface area (TPSA) is 90.0 Å². The summed E-state index contributed by atoms with van der Waals surface area (Å²) in [5.41, 5.74) is 8.33. The molecule has 19 heavy (non-hydrogen) atoms. The van der Waals surface area contributed by atoms with E-state index in [1.165, 1.54) is 0 Å². The van der Waals surface area contributed by atoms with Gasteiger partial charge in [0.25, 0.3) is 0 Å². The molecule has 0 spiro atoms. The molecular weight excluding hydrogens is 246 g/mol. The van der Waals surface area contributed by atoms with Crippen LogP contribution in [-0.4, -0.2) is 48.5 Å². The first-order chi connectivity index (χ1) is 8.99. The average Bonchev–Trinajstić information content (AvgIpc) is 2.84. The van der Waals surface area contributed by atoms with Crippen molar-refractivity contribution >= 4 is 17.3 Å². The molecule has 3 unspecified atom stereocenters. The molecule has 102 valence electrons. The summed E-state index contributed by atoms with van der Waals surface area (Å²) in [5.74, 6) is -0.117. The highest BCUT2D eigenvalue weighted by atomic mass is 16.3. The van der Waals surface area contributed by atoms with Gasteiger partial charge >= 0.3 is 0 Å². The van der Waals surface area contributed by atoms with E-state index in [-0.39, 0.29) is 5.91 Å². The fourth-order valence-corrected chi connectivity index (χ4v) is 2.72. The van der Waals surface area contributed by atoms with Crippen molar-refractivity contribution in [2.75, 3.05) is 29.9 Å². The first kappa shape index (κ1) is 12.4. The van der Waals surface area contributed by atoms with Crippen molar-refractivity contribution in [1.29, 1.82) is 0 Å². The predicted molar refractivity (Wildman–Crippen MR) is 71.0 cm³/mol. The Labute approximate surface area is 111 Å². The molecule has 2 aliphatic heterocycles. The summed E-state index contributed by atoms with van der Waals surface area (Å²) in [6.45, 7) is 0.785. The molecule has 1 amide bonds. The molecule has 0 aromatic heterocycles. The molecule has 2 heterocycles. The molecule has 1 aromatic carbocycles. The first-order valence-corrected chi connectivity index (χ1v) is 6.27. The molecule has 1 aromatic rings. The van der Waals surface area contributed by atoms with Gasteiger partial charge in [0.05, 0.1) is 17.9 Å². The smallest absolute Gasteiger partial charge is 0.248 e. The minimum absolute atomic E-state index is 0.117. The van der Waals surface area contributed by atoms with E-state index in [4.69, 9.17) is 5.73 Å². The summed E-state index contributed by atoms with van der Waals surface area (Å²) < 4.78 is 0. The summed E-state index contributed by atoms with van der Waals surface area (Å²) in [4.78, 5) is 15.3. The first-order valence-electron chi connectivity index (χ1n) is 6.27. The lowest BCUT2D eigenvalue weighted by molar-refractivity contribution is -0.118. The third-order valence-electron chi connectivity index (χ3n) is 3.93. The SMILES string of the molecule is CN1C(=O)C(N)c2ccc(N3CC(O)C(O)C3)cc21. The number of aliphatic hydroxyl groups excluding tert-OH is 2. The number of benzene rings is 1. The van der Waals surface area contributed by atoms with Crippen LogP contribution in [0.2, 0.25) is 0 Å². The van der Waals surface area contributed by atoms with E-state index in [0.29, 0.717) is 13.1 Å². The van der Waals surface area contributed by atoms with Crippen molar-refractivity contribution in [2.45, 2.75) is 18.2 Å². The Hall–Kier alpha value is -1.63. The highest BCUT2D eigenvalue weighted by molar-refractivity contribution is 6.04. The van der Waals surface area contributed by atoms with Crippen LogP contribution >= 0.6 is 0 Å². The van der Waals surface area contributed by atoms with Crippen LogP contribution in [0.3, 0.4) is 0 Å². The molecule has 2 aliphatic rings. The third-order valence-corrected chi connectivity index (χ3v) is 3.93. The number of hydrogen-bond acceptors (Lipinski definition) is 5. The molecular formula is C13H17N3O3. The second-order valence-corrected chi connectivity index (χ2v) is 5.16. The number of amides is 1. The Kier molecular flexibility index (Phi) is 2.74. The van der Waals surface area contributed by atoms with Gasteiger partial charge in [-0.25, -0.2) is 0 Å². The van der Waals surface area contributed by atoms with Crippen LogP contribution < -0.4 is 15.5 Å². The van der Waals surface area contributed by atoms with Crippen LogP contribution in [-0.2, 0) is 4.79 Å². The van der Waals surface area contributed by atoms with Gasteiger partial charge in [-0.05, 0) is 12.1 Å². The van der Waals surface area contributed by atoms with Gasteiger partial charge in [-0.3, -0.25) is 4.79 Å². The predicted octanol–water partition coefficient (Wildman–Crippen LogP) is -0.795. The minimum Gasteiger partial charge on any atom is -0.389 e. The lowest BCUT2D eigenvalue weighted by Crippen LogP contribution is -2.27. The zero-order valence-corrected chi connectivity index (χ0v) is 10.7. The number of rotatable bonds is 1. The summed E-state index contributed by atoms with van der Waals surface area (Å²) in [6, 6.07) is 5.00. The van der Waals surface area contributed by atoms with Gasteiger partial charge in [0.1, 0.15) is 6.04 Å². The van der Waals surface area contributed by atoms with Gasteiger partial charge < -0.3 is 25.7 Å². The standard InChI is InChI=1S/C13H17N3O3/c1-15-9-4-7(16-5-10(17)11(18)6-16)2-3-8(9)12(14)13(15)19/h2-4,10-12,17-18H,5-6,14H2,1H3. The van der Waals surface area contributed by atoms with E-state index < -0.39 is 18.2 Å². The van der Waals surface area contributed by atoms with Crippen LogP contribution in [0.4, 0.5) is 11.4 Å². The molecule has 0 radical (unpaired) electrons. The summed E-state index contributed by atoms with van der Waals surface area (Å²) in [5, 5.41) is 19.2. The Bertz CT molecular complexity index is 524. The van der Waals surface area contributed by atoms with Crippen molar-refractivity contribution in [1.82, 2.24) is 0 Å². The van der Waals surface area contributed by atoms with Gasteiger partial charge in [-0.2, -0.15) is 0 Å². The van der Waals surface area contributed by atoms with Crippen LogP contribution in [0.25, 0.3) is 0 Å². The van der Waals surface area contributed by atoms with Crippen LogP contribution in [0, 0.1) is 0 Å². The fourth-order valence-electron chi connectivity index (χ4n) is 2.72. The number of carbonyl (C=O) groups is 1. The maximum absolute atomic E-state index is 11.8. The van der Waals surface area contributed by atoms with Gasteiger partial charge in [-0.15, -0.1) is 0 Å². The molecule has 0 bridgehead atoms. The van der Waals surface area contributed by atoms with Crippen molar-refractivity contribution in [2.24, 2.45) is 5.73 Å². The number of nitrogens with zero attached hydrogens (tertiary/aromatic N) is 2. The zero-order chi connectivity index (χ0) is 13.7. The number of fused-ring (bicyclic) bond motifs is 1. The van der Waals surface area contributed by atoms with Crippen molar-refractivity contribution in [3.05, 3.63) is 23.8 Å². The van der Waals surface area contributed by atoms with E-state index in [1.807, 2.05) is 23.1 Å². The van der Waals surface area contributed by atoms with Gasteiger partial charge in [0.15, 0.2) is 0 Å². The molecule has 3 atom stereocenters. The summed E-state index contributed by atoms with van der Waals surface area (Å²) in [6.07, 6.45) is -1.45. The maximum Gasteiger partial charge on any atom is 0.248 e. The Balaban J connectivity index is 1.93. The third kappa shape index (κ3) is 1.80. The number of hydrogen-bond donors (Lipinski definition) is 3. The number of likely N-dealkylation sites (N-methyl/N-ethyl adjacent to an activating group) is 1. The lowest BCUT2D eigenvalue weighted by Gasteiger charge is -2.19. The molecule has 6 heteroatoms. The number of nitrogens with two attached hydrogens (primary N) is 1. The van der Waals surface area contributed by atoms with Crippen LogP contribution in [0.5, 0.6) is 0 Å². The second kappa shape index (κ2) is 4.19. The van der Waals surface area contributed by atoms with Gasteiger partial charge in [-0.1, -0.05) is 6.07 Å². The van der Waals surface area contributed by atoms with E-state index in [9.17, 15) is 15.0 Å². The molecule has 1 fully saturated rings. The van der Waals surface area contributed by atoms with E-state index in [0.717, 1.165) is 16.9 Å². The van der Waals surface area contributed by atoms with E-state index in [2.05, 4.69) is 0 Å². The summed E-state index contributed by atoms with van der Waals surface area (Å²) in [7, 11) is 1.70. The molecule has 4 N–H and O–H groups in total. The number of aliphatic hydroxyl groups is 2. The number of β-amino-alcohol motifs (C(OH)–C–C–N with tert-alkyl or cyclic N) is 2. The Morgan fingerprint density at radius 1 is 1.26 bits per heavy atom. The monoisotopic (exact) mass is 263 g/mol. The highest BCUT2D eigenvalue weighted by Crippen LogP contribution is 2.36. The fraction of sp³-hybridized carbons (Fsp3) is 0.462. The highest BCUT2D eigenvalue weighted by Gasteiger charge is 2.34. The van der Waals surface area contributed by atoms with Gasteiger partial charge in [0, 0.05) is 31.4 Å². The average molecular weight is 263 g/mol. The number of carbonyl (C=O) groups excluding carboxylic acids is 1. The Morgan fingerprint density at radius 2 is 1.89 bits per heavy atom. The van der Waals surface area contributed by atoms with E-state index in [1.54, 1.807) is 11.9 Å². The van der Waals surface area contributed by atoms with Crippen molar-refractivity contribution < 1.29 is 15.0 Å². The molecule has 6 nitrogen and oxygen atoms in total. The maximum atomic E-state index is 11.8. The normalized spacial score (nSPS) is 30.1. The van der Waals surface area contributed by atoms with E-state index >= 15 is 0 Å². The van der Waals surface area contributed by atoms with Crippen molar-refractivity contribution in [3.63, 3.8) is 0 Å². The zero-order valence-electron chi connectivity index (χ0n) is 10.7. The molecule has 0 saturated carbocycles. The summed E-state index contributed by atoms with van der Waals surface area (Å²) >= 11 is 0. The molecule has 0 aliphatic carbocycles. The Morgan fingerprint density at radius 3 is 2.53 bits per heavy atom.